The monoisotopic (exact) mass is 371 g/mol. The first-order chi connectivity index (χ1) is 12.4. The van der Waals surface area contributed by atoms with Crippen LogP contribution in [-0.4, -0.2) is 12.1 Å². The van der Waals surface area contributed by atoms with Gasteiger partial charge in [0.25, 0.3) is 0 Å². The highest BCUT2D eigenvalue weighted by atomic mass is 35.5. The fraction of sp³-hybridized carbons (Fsp3) is 0.200. The van der Waals surface area contributed by atoms with Gasteiger partial charge in [-0.1, -0.05) is 24.6 Å². The third kappa shape index (κ3) is 3.44. The molecule has 0 saturated carbocycles. The summed E-state index contributed by atoms with van der Waals surface area (Å²) in [5, 5.41) is 12.1. The van der Waals surface area contributed by atoms with Crippen LogP contribution in [0.1, 0.15) is 18.9 Å². The molecule has 0 aliphatic rings. The van der Waals surface area contributed by atoms with E-state index >= 15 is 0 Å². The molecular weight excluding hydrogens is 356 g/mol. The van der Waals surface area contributed by atoms with Gasteiger partial charge in [-0.25, -0.2) is 0 Å². The van der Waals surface area contributed by atoms with Crippen molar-refractivity contribution in [1.82, 2.24) is 0 Å². The molecule has 0 aliphatic heterocycles. The summed E-state index contributed by atoms with van der Waals surface area (Å²) in [6, 6.07) is 11.8. The molecule has 0 amide bonds. The van der Waals surface area contributed by atoms with E-state index in [1.54, 1.807) is 49.4 Å². The van der Waals surface area contributed by atoms with E-state index in [0.717, 1.165) is 5.56 Å². The smallest absolute Gasteiger partial charge is 0.235 e. The van der Waals surface area contributed by atoms with E-state index in [9.17, 15) is 14.7 Å². The van der Waals surface area contributed by atoms with Gasteiger partial charge in [0.15, 0.2) is 5.76 Å². The SMILES string of the molecule is CC[C@H](Oc1c(-c2ccc(Cl)cc2)oc2cc(C)ccc2c1=O)C(=O)[O-]. The van der Waals surface area contributed by atoms with E-state index in [1.807, 2.05) is 6.92 Å². The van der Waals surface area contributed by atoms with Crippen LogP contribution in [0.4, 0.5) is 0 Å². The molecule has 0 N–H and O–H groups in total. The van der Waals surface area contributed by atoms with Gasteiger partial charge in [0.2, 0.25) is 11.2 Å². The summed E-state index contributed by atoms with van der Waals surface area (Å²) in [7, 11) is 0. The molecule has 6 heteroatoms. The van der Waals surface area contributed by atoms with Crippen LogP contribution in [-0.2, 0) is 4.79 Å². The second-order valence-electron chi connectivity index (χ2n) is 5.93. The molecular formula is C20H16ClO5-. The molecule has 3 aromatic rings. The number of carbonyl (C=O) groups excluding carboxylic acids is 1. The molecule has 0 fully saturated rings. The van der Waals surface area contributed by atoms with Gasteiger partial charge in [-0.05, 0) is 55.3 Å². The van der Waals surface area contributed by atoms with E-state index in [2.05, 4.69) is 0 Å². The average Bonchev–Trinajstić information content (AvgIpc) is 2.61. The van der Waals surface area contributed by atoms with E-state index in [4.69, 9.17) is 20.8 Å². The minimum absolute atomic E-state index is 0.147. The third-order valence-corrected chi connectivity index (χ3v) is 4.26. The molecule has 5 nitrogen and oxygen atoms in total. The third-order valence-electron chi connectivity index (χ3n) is 4.01. The molecule has 0 bridgehead atoms. The minimum atomic E-state index is -1.39. The van der Waals surface area contributed by atoms with Crippen molar-refractivity contribution < 1.29 is 19.1 Å². The van der Waals surface area contributed by atoms with Crippen molar-refractivity contribution in [3.8, 4) is 17.1 Å². The Bertz CT molecular complexity index is 1020. The first-order valence-corrected chi connectivity index (χ1v) is 8.49. The van der Waals surface area contributed by atoms with Gasteiger partial charge >= 0.3 is 0 Å². The summed E-state index contributed by atoms with van der Waals surface area (Å²) in [4.78, 5) is 24.2. The van der Waals surface area contributed by atoms with Gasteiger partial charge in [0.05, 0.1) is 11.4 Å². The molecule has 0 radical (unpaired) electrons. The number of hydrogen-bond donors (Lipinski definition) is 0. The van der Waals surface area contributed by atoms with Crippen molar-refractivity contribution >= 4 is 28.5 Å². The fourth-order valence-electron chi connectivity index (χ4n) is 2.62. The van der Waals surface area contributed by atoms with E-state index in [1.165, 1.54) is 0 Å². The van der Waals surface area contributed by atoms with E-state index in [0.29, 0.717) is 21.6 Å². The molecule has 0 spiro atoms. The Morgan fingerprint density at radius 1 is 1.23 bits per heavy atom. The molecule has 26 heavy (non-hydrogen) atoms. The van der Waals surface area contributed by atoms with Crippen molar-refractivity contribution in [2.45, 2.75) is 26.4 Å². The van der Waals surface area contributed by atoms with E-state index in [-0.39, 0.29) is 17.9 Å². The Balaban J connectivity index is 2.28. The van der Waals surface area contributed by atoms with Crippen molar-refractivity contribution in [3.05, 3.63) is 63.3 Å². The number of benzene rings is 2. The first kappa shape index (κ1) is 18.0. The normalized spacial score (nSPS) is 12.1. The maximum Gasteiger partial charge on any atom is 0.235 e. The van der Waals surface area contributed by atoms with Crippen LogP contribution < -0.4 is 15.3 Å². The summed E-state index contributed by atoms with van der Waals surface area (Å²) in [5.74, 6) is -1.39. The fourth-order valence-corrected chi connectivity index (χ4v) is 2.75. The van der Waals surface area contributed by atoms with Crippen molar-refractivity contribution in [3.63, 3.8) is 0 Å². The number of rotatable bonds is 5. The van der Waals surface area contributed by atoms with Gasteiger partial charge in [-0.15, -0.1) is 0 Å². The number of carboxylic acids is 1. The number of fused-ring (bicyclic) bond motifs is 1. The van der Waals surface area contributed by atoms with Crippen molar-refractivity contribution in [2.24, 2.45) is 0 Å². The predicted molar refractivity (Wildman–Crippen MR) is 97.4 cm³/mol. The maximum absolute atomic E-state index is 13.0. The van der Waals surface area contributed by atoms with Gasteiger partial charge in [0, 0.05) is 10.6 Å². The highest BCUT2D eigenvalue weighted by molar-refractivity contribution is 6.30. The lowest BCUT2D eigenvalue weighted by Crippen LogP contribution is -2.40. The highest BCUT2D eigenvalue weighted by Gasteiger charge is 2.21. The van der Waals surface area contributed by atoms with Crippen LogP contribution in [0.3, 0.4) is 0 Å². The maximum atomic E-state index is 13.0. The number of carbonyl (C=O) groups is 1. The molecule has 3 rings (SSSR count). The van der Waals surface area contributed by atoms with Crippen LogP contribution in [0.2, 0.25) is 5.02 Å². The molecule has 1 atom stereocenters. The number of aryl methyl sites for hydroxylation is 1. The predicted octanol–water partition coefficient (Wildman–Crippen LogP) is 3.33. The zero-order valence-electron chi connectivity index (χ0n) is 14.2. The zero-order chi connectivity index (χ0) is 18.8. The summed E-state index contributed by atoms with van der Waals surface area (Å²) in [6.45, 7) is 3.52. The van der Waals surface area contributed by atoms with Crippen LogP contribution in [0, 0.1) is 6.92 Å². The van der Waals surface area contributed by atoms with Crippen LogP contribution in [0.25, 0.3) is 22.3 Å². The van der Waals surface area contributed by atoms with E-state index < -0.39 is 17.5 Å². The van der Waals surface area contributed by atoms with Crippen LogP contribution >= 0.6 is 11.6 Å². The molecule has 2 aromatic carbocycles. The Labute approximate surface area is 154 Å². The molecule has 0 unspecified atom stereocenters. The number of halogens is 1. The summed E-state index contributed by atoms with van der Waals surface area (Å²) in [6.07, 6.45) is -1.11. The van der Waals surface area contributed by atoms with Gasteiger partial charge in [0.1, 0.15) is 11.7 Å². The Hall–Kier alpha value is -2.79. The topological polar surface area (TPSA) is 79.6 Å². The largest absolute Gasteiger partial charge is 0.546 e. The first-order valence-electron chi connectivity index (χ1n) is 8.11. The Morgan fingerprint density at radius 3 is 2.54 bits per heavy atom. The minimum Gasteiger partial charge on any atom is -0.546 e. The Morgan fingerprint density at radius 2 is 1.92 bits per heavy atom. The summed E-state index contributed by atoms with van der Waals surface area (Å²) in [5.41, 5.74) is 1.44. The molecule has 0 aliphatic carbocycles. The average molecular weight is 372 g/mol. The second kappa shape index (κ2) is 7.22. The standard InChI is InChI=1S/C20H17ClO5/c1-3-15(20(23)24)25-19-17(22)14-9-4-11(2)10-16(14)26-18(19)12-5-7-13(21)8-6-12/h4-10,15H,3H2,1-2H3,(H,23,24)/p-1/t15-/m0/s1. The lowest BCUT2D eigenvalue weighted by molar-refractivity contribution is -0.313. The van der Waals surface area contributed by atoms with Gasteiger partial charge in [-0.2, -0.15) is 0 Å². The Kier molecular flexibility index (Phi) is 5.00. The zero-order valence-corrected chi connectivity index (χ0v) is 15.0. The lowest BCUT2D eigenvalue weighted by Gasteiger charge is -2.19. The quantitative estimate of drug-likeness (QED) is 0.687. The molecule has 0 saturated heterocycles. The molecule has 134 valence electrons. The van der Waals surface area contributed by atoms with Crippen LogP contribution in [0.15, 0.2) is 51.7 Å². The molecule has 1 aromatic heterocycles. The van der Waals surface area contributed by atoms with Crippen molar-refractivity contribution in [2.75, 3.05) is 0 Å². The van der Waals surface area contributed by atoms with Gasteiger partial charge in [-0.3, -0.25) is 4.79 Å². The van der Waals surface area contributed by atoms with Crippen LogP contribution in [0.5, 0.6) is 5.75 Å². The van der Waals surface area contributed by atoms with Gasteiger partial charge < -0.3 is 19.1 Å². The second-order valence-corrected chi connectivity index (χ2v) is 6.37. The van der Waals surface area contributed by atoms with Crippen molar-refractivity contribution in [1.29, 1.82) is 0 Å². The summed E-state index contributed by atoms with van der Waals surface area (Å²) < 4.78 is 11.4. The highest BCUT2D eigenvalue weighted by Crippen LogP contribution is 2.32. The lowest BCUT2D eigenvalue weighted by atomic mass is 10.1. The number of hydrogen-bond acceptors (Lipinski definition) is 5. The number of aliphatic carboxylic acids is 1. The molecule has 1 heterocycles. The number of ether oxygens (including phenoxy) is 1. The summed E-state index contributed by atoms with van der Waals surface area (Å²) >= 11 is 5.92. The number of carboxylic acid groups (broad SMARTS) is 1.